The van der Waals surface area contributed by atoms with Crippen molar-refractivity contribution in [3.8, 4) is 0 Å². The van der Waals surface area contributed by atoms with E-state index in [1.54, 1.807) is 25.1 Å². The van der Waals surface area contributed by atoms with Crippen molar-refractivity contribution < 1.29 is 13.2 Å². The van der Waals surface area contributed by atoms with Gasteiger partial charge in [0.15, 0.2) is 5.78 Å². The predicted molar refractivity (Wildman–Crippen MR) is 96.4 cm³/mol. The summed E-state index contributed by atoms with van der Waals surface area (Å²) in [4.78, 5) is 23.9. The van der Waals surface area contributed by atoms with Crippen molar-refractivity contribution in [1.29, 1.82) is 0 Å². The maximum atomic E-state index is 13.1. The topological polar surface area (TPSA) is 99.2 Å². The first-order valence-corrected chi connectivity index (χ1v) is 8.94. The molecule has 3 aromatic rings. The van der Waals surface area contributed by atoms with E-state index in [9.17, 15) is 18.0 Å². The van der Waals surface area contributed by atoms with Crippen LogP contribution in [0, 0.1) is 6.92 Å². The van der Waals surface area contributed by atoms with Crippen LogP contribution in [0.25, 0.3) is 10.9 Å². The third kappa shape index (κ3) is 2.83. The zero-order valence-electron chi connectivity index (χ0n) is 13.7. The Hall–Kier alpha value is -2.93. The van der Waals surface area contributed by atoms with Crippen LogP contribution in [0.2, 0.25) is 0 Å². The molecule has 0 bridgehead atoms. The molecule has 25 heavy (non-hydrogen) atoms. The lowest BCUT2D eigenvalue weighted by Gasteiger charge is -2.13. The van der Waals surface area contributed by atoms with Crippen LogP contribution < -0.4 is 11.3 Å². The van der Waals surface area contributed by atoms with Crippen molar-refractivity contribution in [2.45, 2.75) is 18.7 Å². The number of nitrogens with zero attached hydrogens (tertiary/aromatic N) is 1. The Bertz CT molecular complexity index is 1160. The van der Waals surface area contributed by atoms with Crippen LogP contribution in [-0.2, 0) is 10.0 Å². The van der Waals surface area contributed by atoms with Crippen molar-refractivity contribution in [2.75, 3.05) is 5.73 Å². The van der Waals surface area contributed by atoms with E-state index >= 15 is 0 Å². The Balaban J connectivity index is 2.34. The summed E-state index contributed by atoms with van der Waals surface area (Å²) in [6, 6.07) is 11.9. The number of carbonyl (C=O) groups is 1. The molecule has 0 aliphatic rings. The van der Waals surface area contributed by atoms with Crippen LogP contribution in [0.5, 0.6) is 0 Å². The van der Waals surface area contributed by atoms with Gasteiger partial charge in [-0.1, -0.05) is 18.2 Å². The minimum absolute atomic E-state index is 0.0751. The number of pyridine rings is 1. The number of carbonyl (C=O) groups excluding carboxylic acids is 1. The van der Waals surface area contributed by atoms with Crippen LogP contribution in [0.3, 0.4) is 0 Å². The summed E-state index contributed by atoms with van der Waals surface area (Å²) in [6.07, 6.45) is 0. The average molecular weight is 356 g/mol. The van der Waals surface area contributed by atoms with E-state index in [1.165, 1.54) is 37.3 Å². The van der Waals surface area contributed by atoms with Gasteiger partial charge in [-0.15, -0.1) is 0 Å². The summed E-state index contributed by atoms with van der Waals surface area (Å²) in [5, 5.41) is 0.593. The fourth-order valence-corrected chi connectivity index (χ4v) is 4.10. The van der Waals surface area contributed by atoms with E-state index in [1.807, 2.05) is 0 Å². The molecule has 1 aromatic heterocycles. The minimum atomic E-state index is -4.14. The highest BCUT2D eigenvalue weighted by Crippen LogP contribution is 2.22. The molecular weight excluding hydrogens is 340 g/mol. The highest BCUT2D eigenvalue weighted by Gasteiger charge is 2.22. The van der Waals surface area contributed by atoms with E-state index in [4.69, 9.17) is 5.73 Å². The molecule has 0 unspecified atom stereocenters. The first kappa shape index (κ1) is 16.9. The van der Waals surface area contributed by atoms with Crippen molar-refractivity contribution in [2.24, 2.45) is 0 Å². The molecule has 3 rings (SSSR count). The Morgan fingerprint density at radius 3 is 2.28 bits per heavy atom. The monoisotopic (exact) mass is 356 g/mol. The lowest BCUT2D eigenvalue weighted by Crippen LogP contribution is -2.29. The van der Waals surface area contributed by atoms with Gasteiger partial charge < -0.3 is 5.73 Å². The standard InChI is InChI=1S/C18H16N2O4S/c1-11-9-14-3-6-15(19)10-17(14)20(18(11)22)25(23,24)16-7-4-13(5-8-16)12(2)21/h3-10H,19H2,1-2H3. The van der Waals surface area contributed by atoms with E-state index < -0.39 is 15.6 Å². The van der Waals surface area contributed by atoms with Gasteiger partial charge in [-0.3, -0.25) is 9.59 Å². The summed E-state index contributed by atoms with van der Waals surface area (Å²) in [6.45, 7) is 2.95. The fourth-order valence-electron chi connectivity index (χ4n) is 2.63. The van der Waals surface area contributed by atoms with Crippen LogP contribution in [0.1, 0.15) is 22.8 Å². The Kier molecular flexibility index (Phi) is 3.96. The van der Waals surface area contributed by atoms with E-state index in [-0.39, 0.29) is 16.2 Å². The van der Waals surface area contributed by atoms with Gasteiger partial charge in [-0.2, -0.15) is 3.97 Å². The highest BCUT2D eigenvalue weighted by molar-refractivity contribution is 7.90. The molecular formula is C18H16N2O4S. The van der Waals surface area contributed by atoms with Crippen molar-refractivity contribution >= 4 is 32.4 Å². The van der Waals surface area contributed by atoms with Crippen LogP contribution in [0.15, 0.2) is 58.2 Å². The number of fused-ring (bicyclic) bond motifs is 1. The summed E-state index contributed by atoms with van der Waals surface area (Å²) in [7, 11) is -4.14. The van der Waals surface area contributed by atoms with Crippen LogP contribution in [0.4, 0.5) is 5.69 Å². The smallest absolute Gasteiger partial charge is 0.271 e. The first-order chi connectivity index (χ1) is 11.7. The lowest BCUT2D eigenvalue weighted by atomic mass is 10.1. The molecule has 0 atom stereocenters. The molecule has 7 heteroatoms. The number of anilines is 1. The number of nitrogens with two attached hydrogens (primary N) is 1. The van der Waals surface area contributed by atoms with Gasteiger partial charge in [-0.05, 0) is 49.6 Å². The van der Waals surface area contributed by atoms with E-state index in [0.717, 1.165) is 3.97 Å². The molecule has 6 nitrogen and oxygen atoms in total. The predicted octanol–water partition coefficient (Wildman–Crippen LogP) is 2.33. The van der Waals surface area contributed by atoms with E-state index in [2.05, 4.69) is 0 Å². The number of hydrogen-bond acceptors (Lipinski definition) is 5. The first-order valence-electron chi connectivity index (χ1n) is 7.50. The second-order valence-electron chi connectivity index (χ2n) is 5.80. The molecule has 0 spiro atoms. The maximum Gasteiger partial charge on any atom is 0.271 e. The van der Waals surface area contributed by atoms with Gasteiger partial charge >= 0.3 is 0 Å². The van der Waals surface area contributed by atoms with Gasteiger partial charge in [0, 0.05) is 16.8 Å². The summed E-state index contributed by atoms with van der Waals surface area (Å²) in [5.74, 6) is -0.171. The lowest BCUT2D eigenvalue weighted by molar-refractivity contribution is 0.101. The van der Waals surface area contributed by atoms with Gasteiger partial charge in [0.1, 0.15) is 0 Å². The summed E-state index contributed by atoms with van der Waals surface area (Å²) >= 11 is 0. The Labute approximate surface area is 144 Å². The molecule has 1 heterocycles. The third-order valence-corrected chi connectivity index (χ3v) is 5.68. The number of aryl methyl sites for hydroxylation is 1. The maximum absolute atomic E-state index is 13.1. The van der Waals surface area contributed by atoms with Gasteiger partial charge in [0.05, 0.1) is 10.4 Å². The average Bonchev–Trinajstić information content (AvgIpc) is 2.56. The second kappa shape index (κ2) is 5.86. The number of hydrogen-bond donors (Lipinski definition) is 1. The fraction of sp³-hybridized carbons (Fsp3) is 0.111. The number of nitrogen functional groups attached to an aromatic ring is 1. The van der Waals surface area contributed by atoms with Crippen molar-refractivity contribution in [3.63, 3.8) is 0 Å². The van der Waals surface area contributed by atoms with Gasteiger partial charge in [-0.25, -0.2) is 8.42 Å². The zero-order valence-corrected chi connectivity index (χ0v) is 14.5. The van der Waals surface area contributed by atoms with E-state index in [0.29, 0.717) is 22.2 Å². The number of aromatic nitrogens is 1. The molecule has 0 fully saturated rings. The molecule has 2 aromatic carbocycles. The zero-order chi connectivity index (χ0) is 18.4. The molecule has 0 saturated heterocycles. The molecule has 0 radical (unpaired) electrons. The van der Waals surface area contributed by atoms with Gasteiger partial charge in [0.2, 0.25) is 0 Å². The Morgan fingerprint density at radius 2 is 1.68 bits per heavy atom. The largest absolute Gasteiger partial charge is 0.399 e. The molecule has 0 aliphatic carbocycles. The number of benzene rings is 2. The second-order valence-corrected chi connectivity index (χ2v) is 7.59. The van der Waals surface area contributed by atoms with Crippen molar-refractivity contribution in [1.82, 2.24) is 3.97 Å². The van der Waals surface area contributed by atoms with Crippen molar-refractivity contribution in [3.05, 3.63) is 70.0 Å². The minimum Gasteiger partial charge on any atom is -0.399 e. The number of rotatable bonds is 3. The quantitative estimate of drug-likeness (QED) is 0.573. The summed E-state index contributed by atoms with van der Waals surface area (Å²) < 4.78 is 26.9. The number of Topliss-reactive ketones (excluding diaryl/α,β-unsaturated/α-hetero) is 1. The van der Waals surface area contributed by atoms with Crippen LogP contribution in [-0.4, -0.2) is 18.2 Å². The third-order valence-electron chi connectivity index (χ3n) is 3.97. The molecule has 0 aliphatic heterocycles. The van der Waals surface area contributed by atoms with Crippen LogP contribution >= 0.6 is 0 Å². The molecule has 2 N–H and O–H groups in total. The van der Waals surface area contributed by atoms with Gasteiger partial charge in [0.25, 0.3) is 15.6 Å². The summed E-state index contributed by atoms with van der Waals surface area (Å²) in [5.41, 5.74) is 6.40. The SMILES string of the molecule is CC(=O)c1ccc(S(=O)(=O)n2c(=O)c(C)cc3ccc(N)cc32)cc1. The highest BCUT2D eigenvalue weighted by atomic mass is 32.2. The molecule has 0 amide bonds. The molecule has 128 valence electrons. The number of ketones is 1. The molecule has 0 saturated carbocycles. The normalized spacial score (nSPS) is 11.6. The Morgan fingerprint density at radius 1 is 1.04 bits per heavy atom.